The molecule has 1 aliphatic rings. The van der Waals surface area contributed by atoms with Gasteiger partial charge >= 0.3 is 0 Å². The highest BCUT2D eigenvalue weighted by atomic mass is 19.1. The van der Waals surface area contributed by atoms with Crippen LogP contribution in [0.4, 0.5) is 4.39 Å². The third-order valence-corrected chi connectivity index (χ3v) is 4.94. The van der Waals surface area contributed by atoms with Gasteiger partial charge in [-0.2, -0.15) is 0 Å². The fraction of sp³-hybridized carbons (Fsp3) is 0.333. The van der Waals surface area contributed by atoms with Crippen molar-refractivity contribution in [2.45, 2.75) is 20.3 Å². The maximum absolute atomic E-state index is 13.0. The molecular formula is C21H23FN2O2. The molecule has 1 fully saturated rings. The zero-order valence-electron chi connectivity index (χ0n) is 15.2. The van der Waals surface area contributed by atoms with Gasteiger partial charge in [-0.05, 0) is 54.8 Å². The highest BCUT2D eigenvalue weighted by molar-refractivity contribution is 5.94. The van der Waals surface area contributed by atoms with Gasteiger partial charge in [0, 0.05) is 31.7 Å². The Morgan fingerprint density at radius 3 is 2.12 bits per heavy atom. The molecule has 0 aromatic heterocycles. The second-order valence-electron chi connectivity index (χ2n) is 6.78. The van der Waals surface area contributed by atoms with E-state index >= 15 is 0 Å². The molecule has 2 aromatic rings. The molecule has 2 aromatic carbocycles. The van der Waals surface area contributed by atoms with Crippen molar-refractivity contribution >= 4 is 11.8 Å². The number of hydrogen-bond donors (Lipinski definition) is 0. The van der Waals surface area contributed by atoms with Crippen molar-refractivity contribution in [3.8, 4) is 0 Å². The summed E-state index contributed by atoms with van der Waals surface area (Å²) in [5.41, 5.74) is 3.76. The first-order chi connectivity index (χ1) is 12.4. The average Bonchev–Trinajstić information content (AvgIpc) is 2.65. The largest absolute Gasteiger partial charge is 0.339 e. The van der Waals surface area contributed by atoms with Crippen LogP contribution in [0.5, 0.6) is 0 Å². The smallest absolute Gasteiger partial charge is 0.253 e. The van der Waals surface area contributed by atoms with Crippen LogP contribution in [0.3, 0.4) is 0 Å². The second-order valence-corrected chi connectivity index (χ2v) is 6.78. The van der Waals surface area contributed by atoms with Crippen LogP contribution in [0.2, 0.25) is 0 Å². The van der Waals surface area contributed by atoms with Crippen LogP contribution in [0.1, 0.15) is 27.0 Å². The van der Waals surface area contributed by atoms with Crippen LogP contribution in [-0.2, 0) is 11.2 Å². The Kier molecular flexibility index (Phi) is 5.35. The molecule has 1 aliphatic heterocycles. The Balaban J connectivity index is 1.56. The quantitative estimate of drug-likeness (QED) is 0.850. The summed E-state index contributed by atoms with van der Waals surface area (Å²) in [6.45, 7) is 6.13. The summed E-state index contributed by atoms with van der Waals surface area (Å²) in [6, 6.07) is 11.7. The lowest BCUT2D eigenvalue weighted by atomic mass is 10.1. The summed E-state index contributed by atoms with van der Waals surface area (Å²) in [7, 11) is 0. The fourth-order valence-corrected chi connectivity index (χ4v) is 3.10. The maximum atomic E-state index is 13.0. The summed E-state index contributed by atoms with van der Waals surface area (Å²) in [4.78, 5) is 28.6. The first-order valence-electron chi connectivity index (χ1n) is 8.83. The minimum Gasteiger partial charge on any atom is -0.339 e. The molecule has 26 heavy (non-hydrogen) atoms. The molecule has 1 heterocycles. The van der Waals surface area contributed by atoms with Crippen molar-refractivity contribution in [3.05, 3.63) is 70.5 Å². The Morgan fingerprint density at radius 1 is 0.885 bits per heavy atom. The number of piperazine rings is 1. The first kappa shape index (κ1) is 18.1. The molecule has 0 spiro atoms. The highest BCUT2D eigenvalue weighted by Gasteiger charge is 2.25. The van der Waals surface area contributed by atoms with Gasteiger partial charge in [0.2, 0.25) is 5.91 Å². The molecule has 0 radical (unpaired) electrons. The Morgan fingerprint density at radius 2 is 1.50 bits per heavy atom. The number of nitrogens with zero attached hydrogens (tertiary/aromatic N) is 2. The zero-order valence-corrected chi connectivity index (χ0v) is 15.2. The van der Waals surface area contributed by atoms with Gasteiger partial charge in [0.15, 0.2) is 0 Å². The predicted octanol–water partition coefficient (Wildman–Crippen LogP) is 2.97. The summed E-state index contributed by atoms with van der Waals surface area (Å²) in [5.74, 6) is -0.284. The molecule has 1 saturated heterocycles. The molecule has 0 atom stereocenters. The van der Waals surface area contributed by atoms with Crippen LogP contribution < -0.4 is 0 Å². The van der Waals surface area contributed by atoms with Crippen LogP contribution in [0.25, 0.3) is 0 Å². The number of carbonyl (C=O) groups is 2. The van der Waals surface area contributed by atoms with Crippen molar-refractivity contribution < 1.29 is 14.0 Å². The average molecular weight is 354 g/mol. The molecular weight excluding hydrogens is 331 g/mol. The number of halogens is 1. The van der Waals surface area contributed by atoms with Gasteiger partial charge in [0.05, 0.1) is 6.42 Å². The van der Waals surface area contributed by atoms with Gasteiger partial charge in [0.1, 0.15) is 5.82 Å². The van der Waals surface area contributed by atoms with Gasteiger partial charge in [-0.25, -0.2) is 4.39 Å². The topological polar surface area (TPSA) is 40.6 Å². The number of benzene rings is 2. The highest BCUT2D eigenvalue weighted by Crippen LogP contribution is 2.14. The van der Waals surface area contributed by atoms with Gasteiger partial charge in [0.25, 0.3) is 5.91 Å². The lowest BCUT2D eigenvalue weighted by Crippen LogP contribution is -2.51. The van der Waals surface area contributed by atoms with E-state index in [1.54, 1.807) is 21.9 Å². The minimum atomic E-state index is -0.306. The lowest BCUT2D eigenvalue weighted by molar-refractivity contribution is -0.131. The van der Waals surface area contributed by atoms with E-state index in [9.17, 15) is 14.0 Å². The second kappa shape index (κ2) is 7.68. The molecule has 136 valence electrons. The van der Waals surface area contributed by atoms with Gasteiger partial charge in [-0.3, -0.25) is 9.59 Å². The van der Waals surface area contributed by atoms with Crippen molar-refractivity contribution in [1.82, 2.24) is 9.80 Å². The summed E-state index contributed by atoms with van der Waals surface area (Å²) in [6.07, 6.45) is 0.255. The standard InChI is InChI=1S/C21H23FN2O2/c1-15-3-6-18(13-16(15)2)21(26)24-11-9-23(10-12-24)20(25)14-17-4-7-19(22)8-5-17/h3-8,13H,9-12,14H2,1-2H3. The molecule has 0 bridgehead atoms. The normalized spacial score (nSPS) is 14.4. The Hall–Kier alpha value is -2.69. The van der Waals surface area contributed by atoms with E-state index in [1.807, 2.05) is 32.0 Å². The molecule has 2 amide bonds. The summed E-state index contributed by atoms with van der Waals surface area (Å²) >= 11 is 0. The predicted molar refractivity (Wildman–Crippen MR) is 98.5 cm³/mol. The lowest BCUT2D eigenvalue weighted by Gasteiger charge is -2.35. The van der Waals surface area contributed by atoms with Crippen molar-refractivity contribution in [3.63, 3.8) is 0 Å². The number of amides is 2. The van der Waals surface area contributed by atoms with Crippen LogP contribution >= 0.6 is 0 Å². The molecule has 5 heteroatoms. The fourth-order valence-electron chi connectivity index (χ4n) is 3.10. The van der Waals surface area contributed by atoms with Crippen molar-refractivity contribution in [2.75, 3.05) is 26.2 Å². The zero-order chi connectivity index (χ0) is 18.7. The van der Waals surface area contributed by atoms with E-state index in [-0.39, 0.29) is 24.1 Å². The van der Waals surface area contributed by atoms with E-state index in [2.05, 4.69) is 0 Å². The summed E-state index contributed by atoms with van der Waals surface area (Å²) < 4.78 is 13.0. The summed E-state index contributed by atoms with van der Waals surface area (Å²) in [5, 5.41) is 0. The molecule has 0 N–H and O–H groups in total. The Bertz CT molecular complexity index is 809. The van der Waals surface area contributed by atoms with Gasteiger partial charge in [-0.15, -0.1) is 0 Å². The Labute approximate surface area is 153 Å². The third kappa shape index (κ3) is 4.10. The number of rotatable bonds is 3. The van der Waals surface area contributed by atoms with E-state index in [4.69, 9.17) is 0 Å². The van der Waals surface area contributed by atoms with Crippen LogP contribution in [0.15, 0.2) is 42.5 Å². The number of hydrogen-bond acceptors (Lipinski definition) is 2. The van der Waals surface area contributed by atoms with Gasteiger partial charge in [-0.1, -0.05) is 18.2 Å². The first-order valence-corrected chi connectivity index (χ1v) is 8.83. The van der Waals surface area contributed by atoms with E-state index in [1.165, 1.54) is 12.1 Å². The molecule has 3 rings (SSSR count). The molecule has 4 nitrogen and oxygen atoms in total. The number of aryl methyl sites for hydroxylation is 2. The monoisotopic (exact) mass is 354 g/mol. The molecule has 0 saturated carbocycles. The van der Waals surface area contributed by atoms with Crippen LogP contribution in [0, 0.1) is 19.7 Å². The van der Waals surface area contributed by atoms with E-state index in [0.717, 1.165) is 16.7 Å². The minimum absolute atomic E-state index is 0.00916. The van der Waals surface area contributed by atoms with Gasteiger partial charge < -0.3 is 9.80 Å². The van der Waals surface area contributed by atoms with E-state index < -0.39 is 0 Å². The van der Waals surface area contributed by atoms with E-state index in [0.29, 0.717) is 31.7 Å². The molecule has 0 unspecified atom stereocenters. The number of carbonyl (C=O) groups excluding carboxylic acids is 2. The van der Waals surface area contributed by atoms with Crippen molar-refractivity contribution in [1.29, 1.82) is 0 Å². The SMILES string of the molecule is Cc1ccc(C(=O)N2CCN(C(=O)Cc3ccc(F)cc3)CC2)cc1C. The molecule has 0 aliphatic carbocycles. The van der Waals surface area contributed by atoms with Crippen molar-refractivity contribution in [2.24, 2.45) is 0 Å². The third-order valence-electron chi connectivity index (χ3n) is 4.94. The maximum Gasteiger partial charge on any atom is 0.253 e. The van der Waals surface area contributed by atoms with Crippen LogP contribution in [-0.4, -0.2) is 47.8 Å².